The van der Waals surface area contributed by atoms with E-state index in [1.165, 1.54) is 0 Å². The molecule has 1 fully saturated rings. The van der Waals surface area contributed by atoms with Gasteiger partial charge < -0.3 is 9.84 Å². The van der Waals surface area contributed by atoms with Gasteiger partial charge in [-0.25, -0.2) is 4.79 Å². The minimum Gasteiger partial charge on any atom is -0.463 e. The number of hydrogen-bond acceptors (Lipinski definition) is 4. The van der Waals surface area contributed by atoms with Gasteiger partial charge in [0.05, 0.1) is 7.11 Å². The maximum atomic E-state index is 11.7. The normalized spacial score (nSPS) is 31.0. The summed E-state index contributed by atoms with van der Waals surface area (Å²) >= 11 is 0. The Morgan fingerprint density at radius 2 is 2.13 bits per heavy atom. The van der Waals surface area contributed by atoms with Crippen LogP contribution in [0.4, 0.5) is 0 Å². The molecule has 1 N–H and O–H groups in total. The van der Waals surface area contributed by atoms with Crippen LogP contribution in [0.3, 0.4) is 0 Å². The third kappa shape index (κ3) is 2.20. The van der Waals surface area contributed by atoms with Crippen molar-refractivity contribution in [2.75, 3.05) is 7.11 Å². The molecule has 1 aliphatic carbocycles. The second kappa shape index (κ2) is 4.75. The van der Waals surface area contributed by atoms with Crippen molar-refractivity contribution in [2.24, 2.45) is 5.92 Å². The van der Waals surface area contributed by atoms with Crippen molar-refractivity contribution in [3.8, 4) is 0 Å². The molecule has 1 aliphatic rings. The zero-order valence-electron chi connectivity index (χ0n) is 9.28. The number of hydrogen-bond donors (Lipinski definition) is 1. The number of aliphatic hydroxyl groups is 1. The first kappa shape index (κ1) is 12.2. The molecule has 2 atom stereocenters. The Morgan fingerprint density at radius 1 is 1.47 bits per heavy atom. The Morgan fingerprint density at radius 3 is 2.67 bits per heavy atom. The first-order valence-electron chi connectivity index (χ1n) is 5.41. The highest BCUT2D eigenvalue weighted by atomic mass is 16.5. The highest BCUT2D eigenvalue weighted by molar-refractivity contribution is 6.36. The van der Waals surface area contributed by atoms with E-state index < -0.39 is 17.4 Å². The van der Waals surface area contributed by atoms with Crippen LogP contribution in [0.25, 0.3) is 0 Å². The van der Waals surface area contributed by atoms with E-state index in [0.717, 1.165) is 26.4 Å². The lowest BCUT2D eigenvalue weighted by Gasteiger charge is -2.37. The second-order valence-corrected chi connectivity index (χ2v) is 4.10. The van der Waals surface area contributed by atoms with E-state index in [1.807, 2.05) is 6.92 Å². The van der Waals surface area contributed by atoms with Crippen LogP contribution in [-0.4, -0.2) is 29.6 Å². The van der Waals surface area contributed by atoms with Crippen LogP contribution in [-0.2, 0) is 14.3 Å². The highest BCUT2D eigenvalue weighted by Crippen LogP contribution is 2.36. The maximum absolute atomic E-state index is 11.7. The summed E-state index contributed by atoms with van der Waals surface area (Å²) in [6.07, 6.45) is 3.68. The van der Waals surface area contributed by atoms with Crippen molar-refractivity contribution in [1.82, 2.24) is 0 Å². The van der Waals surface area contributed by atoms with E-state index >= 15 is 0 Å². The number of esters is 1. The van der Waals surface area contributed by atoms with Gasteiger partial charge in [0.15, 0.2) is 0 Å². The minimum atomic E-state index is -1.49. The molecule has 0 aromatic carbocycles. The lowest BCUT2D eigenvalue weighted by atomic mass is 9.72. The number of Topliss-reactive ketones (excluding diaryl/α,β-unsaturated/α-hetero) is 1. The summed E-state index contributed by atoms with van der Waals surface area (Å²) < 4.78 is 4.37. The molecule has 0 saturated heterocycles. The quantitative estimate of drug-likeness (QED) is 0.563. The Bertz CT molecular complexity index is 261. The van der Waals surface area contributed by atoms with Crippen molar-refractivity contribution in [1.29, 1.82) is 0 Å². The molecule has 0 spiro atoms. The van der Waals surface area contributed by atoms with Crippen LogP contribution in [0.15, 0.2) is 0 Å². The number of carbonyl (C=O) groups excluding carboxylic acids is 2. The molecular weight excluding hydrogens is 196 g/mol. The first-order valence-corrected chi connectivity index (χ1v) is 5.41. The SMILES string of the molecule is CC[C@H]1CCCC[C@]1(O)C(=O)C(=O)OC. The number of ether oxygens (including phenoxy) is 1. The van der Waals surface area contributed by atoms with Crippen molar-refractivity contribution in [3.63, 3.8) is 0 Å². The van der Waals surface area contributed by atoms with Gasteiger partial charge in [-0.3, -0.25) is 4.79 Å². The number of rotatable bonds is 3. The summed E-state index contributed by atoms with van der Waals surface area (Å²) in [6, 6.07) is 0. The van der Waals surface area contributed by atoms with Gasteiger partial charge in [-0.2, -0.15) is 0 Å². The summed E-state index contributed by atoms with van der Waals surface area (Å²) in [5, 5.41) is 10.3. The fourth-order valence-electron chi connectivity index (χ4n) is 2.34. The molecule has 4 nitrogen and oxygen atoms in total. The molecule has 0 aromatic heterocycles. The fraction of sp³-hybridized carbons (Fsp3) is 0.818. The lowest BCUT2D eigenvalue weighted by molar-refractivity contribution is -0.166. The van der Waals surface area contributed by atoms with Crippen LogP contribution >= 0.6 is 0 Å². The summed E-state index contributed by atoms with van der Waals surface area (Å²) in [5.74, 6) is -1.83. The lowest BCUT2D eigenvalue weighted by Crippen LogP contribution is -2.51. The van der Waals surface area contributed by atoms with Gasteiger partial charge >= 0.3 is 5.97 Å². The Kier molecular flexibility index (Phi) is 3.85. The van der Waals surface area contributed by atoms with Gasteiger partial charge in [-0.15, -0.1) is 0 Å². The number of methoxy groups -OCH3 is 1. The number of ketones is 1. The zero-order valence-corrected chi connectivity index (χ0v) is 9.28. The zero-order chi connectivity index (χ0) is 11.5. The molecule has 0 heterocycles. The van der Waals surface area contributed by atoms with Crippen molar-refractivity contribution >= 4 is 11.8 Å². The van der Waals surface area contributed by atoms with Gasteiger partial charge in [0.1, 0.15) is 5.60 Å². The van der Waals surface area contributed by atoms with Gasteiger partial charge in [-0.1, -0.05) is 26.2 Å². The van der Waals surface area contributed by atoms with E-state index in [0.29, 0.717) is 12.8 Å². The number of carbonyl (C=O) groups is 2. The smallest absolute Gasteiger partial charge is 0.377 e. The van der Waals surface area contributed by atoms with Gasteiger partial charge in [0.2, 0.25) is 0 Å². The first-order chi connectivity index (χ1) is 7.06. The summed E-state index contributed by atoms with van der Waals surface area (Å²) in [4.78, 5) is 22.8. The molecule has 0 aliphatic heterocycles. The second-order valence-electron chi connectivity index (χ2n) is 4.10. The molecule has 1 rings (SSSR count). The van der Waals surface area contributed by atoms with Crippen molar-refractivity contribution in [2.45, 2.75) is 44.6 Å². The van der Waals surface area contributed by atoms with Crippen LogP contribution in [0.2, 0.25) is 0 Å². The molecule has 86 valence electrons. The van der Waals surface area contributed by atoms with E-state index in [4.69, 9.17) is 0 Å². The summed E-state index contributed by atoms with van der Waals surface area (Å²) in [6.45, 7) is 1.92. The van der Waals surface area contributed by atoms with Gasteiger partial charge in [0, 0.05) is 0 Å². The summed E-state index contributed by atoms with van der Waals surface area (Å²) in [7, 11) is 1.16. The van der Waals surface area contributed by atoms with Crippen LogP contribution in [0.5, 0.6) is 0 Å². The largest absolute Gasteiger partial charge is 0.463 e. The van der Waals surface area contributed by atoms with E-state index in [9.17, 15) is 14.7 Å². The maximum Gasteiger partial charge on any atom is 0.377 e. The predicted molar refractivity (Wildman–Crippen MR) is 54.2 cm³/mol. The molecule has 0 aromatic rings. The monoisotopic (exact) mass is 214 g/mol. The van der Waals surface area contributed by atoms with Crippen molar-refractivity contribution < 1.29 is 19.4 Å². The predicted octanol–water partition coefficient (Wildman–Crippen LogP) is 1.06. The van der Waals surface area contributed by atoms with Crippen LogP contribution in [0.1, 0.15) is 39.0 Å². The van der Waals surface area contributed by atoms with Crippen LogP contribution in [0, 0.1) is 5.92 Å². The average Bonchev–Trinajstić information content (AvgIpc) is 2.27. The molecule has 15 heavy (non-hydrogen) atoms. The molecule has 0 amide bonds. The molecular formula is C11H18O4. The topological polar surface area (TPSA) is 63.6 Å². The Balaban J connectivity index is 2.86. The van der Waals surface area contributed by atoms with E-state index in [-0.39, 0.29) is 5.92 Å². The van der Waals surface area contributed by atoms with E-state index in [1.54, 1.807) is 0 Å². The molecule has 1 saturated carbocycles. The molecule has 4 heteroatoms. The van der Waals surface area contributed by atoms with Crippen LogP contribution < -0.4 is 0 Å². The third-order valence-corrected chi connectivity index (χ3v) is 3.29. The van der Waals surface area contributed by atoms with Gasteiger partial charge in [0.25, 0.3) is 5.78 Å². The summed E-state index contributed by atoms with van der Waals surface area (Å²) in [5.41, 5.74) is -1.49. The molecule has 0 radical (unpaired) electrons. The average molecular weight is 214 g/mol. The minimum absolute atomic E-state index is 0.113. The van der Waals surface area contributed by atoms with E-state index in [2.05, 4.69) is 4.74 Å². The third-order valence-electron chi connectivity index (χ3n) is 3.29. The Hall–Kier alpha value is -0.900. The standard InChI is InChI=1S/C11H18O4/c1-3-8-6-4-5-7-11(8,14)9(12)10(13)15-2/h8,14H,3-7H2,1-2H3/t8-,11+/m0/s1. The van der Waals surface area contributed by atoms with Crippen molar-refractivity contribution in [3.05, 3.63) is 0 Å². The Labute approximate surface area is 89.6 Å². The highest BCUT2D eigenvalue weighted by Gasteiger charge is 2.47. The molecule has 0 bridgehead atoms. The molecule has 0 unspecified atom stereocenters. The fourth-order valence-corrected chi connectivity index (χ4v) is 2.34. The van der Waals surface area contributed by atoms with Gasteiger partial charge in [-0.05, 0) is 18.8 Å².